The molecule has 0 radical (unpaired) electrons. The maximum absolute atomic E-state index is 11.3. The summed E-state index contributed by atoms with van der Waals surface area (Å²) in [4.78, 5) is 12.3. The average molecular weight is 557 g/mol. The molecule has 202 valence electrons. The van der Waals surface area contributed by atoms with Crippen LogP contribution < -0.4 is 4.74 Å². The Kier molecular flexibility index (Phi) is 9.87. The highest BCUT2D eigenvalue weighted by molar-refractivity contribution is 7.99. The molecule has 1 aliphatic heterocycles. The number of carbonyl (C=O) groups is 1. The highest BCUT2D eigenvalue weighted by atomic mass is 35.5. The normalized spacial score (nSPS) is 23.3. The Morgan fingerprint density at radius 1 is 0.947 bits per heavy atom. The Balaban J connectivity index is 1.46. The number of ketones is 1. The highest BCUT2D eigenvalue weighted by Crippen LogP contribution is 2.36. The van der Waals surface area contributed by atoms with E-state index in [0.29, 0.717) is 35.8 Å². The molecule has 1 saturated heterocycles. The third-order valence-corrected chi connectivity index (χ3v) is 8.00. The summed E-state index contributed by atoms with van der Waals surface area (Å²) in [6, 6.07) is 20.9. The molecule has 0 aromatic heterocycles. The summed E-state index contributed by atoms with van der Waals surface area (Å²) >= 11 is 7.98. The van der Waals surface area contributed by atoms with E-state index in [1.165, 1.54) is 11.8 Å². The standard InChI is InChI=1S/C30H33ClO6S/c1-3-36-23-9-4-20(5-10-23)15-22-16-21(8-13-25(22)31)30-29(35)28(34)27(33)26(37-30)17-38-24-11-6-19(7-12-24)14-18(2)32/h4-13,16,26-30,33-35H,3,14-15,17H2,1-2H3/t26-,27-,28+,29-,30+/m1/s1. The second-order valence-electron chi connectivity index (χ2n) is 9.51. The van der Waals surface area contributed by atoms with E-state index in [4.69, 9.17) is 21.1 Å². The van der Waals surface area contributed by atoms with Crippen molar-refractivity contribution >= 4 is 29.1 Å². The average Bonchev–Trinajstić information content (AvgIpc) is 2.90. The molecule has 3 aromatic carbocycles. The predicted molar refractivity (Wildman–Crippen MR) is 149 cm³/mol. The first-order chi connectivity index (χ1) is 18.2. The van der Waals surface area contributed by atoms with E-state index in [0.717, 1.165) is 27.3 Å². The third-order valence-electron chi connectivity index (χ3n) is 6.53. The second kappa shape index (κ2) is 13.1. The van der Waals surface area contributed by atoms with Crippen LogP contribution in [0.25, 0.3) is 0 Å². The number of carbonyl (C=O) groups excluding carboxylic acids is 1. The molecule has 8 heteroatoms. The highest BCUT2D eigenvalue weighted by Gasteiger charge is 2.44. The van der Waals surface area contributed by atoms with Crippen LogP contribution in [0.3, 0.4) is 0 Å². The molecule has 0 spiro atoms. The van der Waals surface area contributed by atoms with E-state index < -0.39 is 30.5 Å². The summed E-state index contributed by atoms with van der Waals surface area (Å²) in [6.45, 7) is 4.10. The van der Waals surface area contributed by atoms with Crippen LogP contribution in [0.15, 0.2) is 71.6 Å². The molecule has 0 bridgehead atoms. The maximum Gasteiger partial charge on any atom is 0.134 e. The van der Waals surface area contributed by atoms with Crippen molar-refractivity contribution < 1.29 is 29.6 Å². The maximum atomic E-state index is 11.3. The minimum Gasteiger partial charge on any atom is -0.494 e. The number of aliphatic hydroxyl groups is 3. The van der Waals surface area contributed by atoms with Gasteiger partial charge in [0, 0.05) is 22.1 Å². The molecule has 3 N–H and O–H groups in total. The number of rotatable bonds is 10. The summed E-state index contributed by atoms with van der Waals surface area (Å²) in [7, 11) is 0. The number of hydrogen-bond acceptors (Lipinski definition) is 7. The number of Topliss-reactive ketones (excluding diaryl/α,β-unsaturated/α-hetero) is 1. The minimum absolute atomic E-state index is 0.104. The van der Waals surface area contributed by atoms with Gasteiger partial charge in [-0.15, -0.1) is 11.8 Å². The van der Waals surface area contributed by atoms with Crippen LogP contribution in [0.2, 0.25) is 5.02 Å². The number of thioether (sulfide) groups is 1. The third kappa shape index (κ3) is 7.17. The fourth-order valence-electron chi connectivity index (χ4n) is 4.53. The summed E-state index contributed by atoms with van der Waals surface area (Å²) in [5, 5.41) is 32.6. The van der Waals surface area contributed by atoms with Crippen LogP contribution in [-0.2, 0) is 22.4 Å². The first-order valence-electron chi connectivity index (χ1n) is 12.7. The Labute approximate surface area is 232 Å². The summed E-state index contributed by atoms with van der Waals surface area (Å²) < 4.78 is 11.7. The van der Waals surface area contributed by atoms with Crippen LogP contribution >= 0.6 is 23.4 Å². The summed E-state index contributed by atoms with van der Waals surface area (Å²) in [5.74, 6) is 1.28. The molecule has 3 aromatic rings. The Morgan fingerprint density at radius 3 is 2.29 bits per heavy atom. The smallest absolute Gasteiger partial charge is 0.134 e. The van der Waals surface area contributed by atoms with Gasteiger partial charge in [-0.25, -0.2) is 0 Å². The number of benzene rings is 3. The first kappa shape index (κ1) is 28.6. The molecule has 0 aliphatic carbocycles. The van der Waals surface area contributed by atoms with Gasteiger partial charge in [-0.05, 0) is 72.9 Å². The zero-order valence-corrected chi connectivity index (χ0v) is 23.0. The van der Waals surface area contributed by atoms with Gasteiger partial charge in [-0.2, -0.15) is 0 Å². The van der Waals surface area contributed by atoms with Crippen molar-refractivity contribution in [2.24, 2.45) is 0 Å². The molecule has 0 amide bonds. The van der Waals surface area contributed by atoms with Gasteiger partial charge in [0.15, 0.2) is 0 Å². The van der Waals surface area contributed by atoms with E-state index in [1.807, 2.05) is 61.5 Å². The van der Waals surface area contributed by atoms with E-state index in [1.54, 1.807) is 19.1 Å². The Hall–Kier alpha value is -2.39. The van der Waals surface area contributed by atoms with Crippen molar-refractivity contribution in [2.45, 2.75) is 62.1 Å². The molecule has 0 unspecified atom stereocenters. The molecule has 38 heavy (non-hydrogen) atoms. The van der Waals surface area contributed by atoms with Gasteiger partial charge < -0.3 is 24.8 Å². The minimum atomic E-state index is -1.36. The largest absolute Gasteiger partial charge is 0.494 e. The number of halogens is 1. The molecule has 0 saturated carbocycles. The van der Waals surface area contributed by atoms with E-state index >= 15 is 0 Å². The SMILES string of the molecule is CCOc1ccc(Cc2cc([C@@H]3O[C@H](CSc4ccc(CC(C)=O)cc4)[C@@H](O)[C@H](O)[C@H]3O)ccc2Cl)cc1. The number of hydrogen-bond donors (Lipinski definition) is 3. The molecule has 5 atom stereocenters. The van der Waals surface area contributed by atoms with Crippen molar-refractivity contribution in [2.75, 3.05) is 12.4 Å². The van der Waals surface area contributed by atoms with Crippen molar-refractivity contribution in [1.82, 2.24) is 0 Å². The molecule has 4 rings (SSSR count). The molecular formula is C30H33ClO6S. The lowest BCUT2D eigenvalue weighted by molar-refractivity contribution is -0.218. The molecule has 1 fully saturated rings. The topological polar surface area (TPSA) is 96.2 Å². The molecule has 1 heterocycles. The van der Waals surface area contributed by atoms with Crippen LogP contribution in [0.5, 0.6) is 5.75 Å². The van der Waals surface area contributed by atoms with Gasteiger partial charge in [-0.3, -0.25) is 4.79 Å². The Morgan fingerprint density at radius 2 is 1.63 bits per heavy atom. The van der Waals surface area contributed by atoms with Gasteiger partial charge >= 0.3 is 0 Å². The van der Waals surface area contributed by atoms with E-state index in [2.05, 4.69) is 0 Å². The van der Waals surface area contributed by atoms with Gasteiger partial charge in [0.05, 0.1) is 12.7 Å². The van der Waals surface area contributed by atoms with Crippen LogP contribution in [-0.4, -0.2) is 57.9 Å². The molecule has 1 aliphatic rings. The van der Waals surface area contributed by atoms with Crippen LogP contribution in [0.1, 0.15) is 42.2 Å². The van der Waals surface area contributed by atoms with E-state index in [9.17, 15) is 20.1 Å². The van der Waals surface area contributed by atoms with Crippen molar-refractivity contribution in [3.63, 3.8) is 0 Å². The van der Waals surface area contributed by atoms with Crippen molar-refractivity contribution in [1.29, 1.82) is 0 Å². The fraction of sp³-hybridized carbons (Fsp3) is 0.367. The summed E-state index contributed by atoms with van der Waals surface area (Å²) in [5.41, 5.74) is 3.54. The second-order valence-corrected chi connectivity index (χ2v) is 11.0. The van der Waals surface area contributed by atoms with Crippen LogP contribution in [0.4, 0.5) is 0 Å². The predicted octanol–water partition coefficient (Wildman–Crippen LogP) is 4.78. The van der Waals surface area contributed by atoms with Gasteiger partial charge in [0.2, 0.25) is 0 Å². The summed E-state index contributed by atoms with van der Waals surface area (Å²) in [6.07, 6.45) is -4.45. The van der Waals surface area contributed by atoms with Gasteiger partial charge in [0.1, 0.15) is 35.9 Å². The van der Waals surface area contributed by atoms with E-state index in [-0.39, 0.29) is 5.78 Å². The Bertz CT molecular complexity index is 1220. The van der Waals surface area contributed by atoms with Gasteiger partial charge in [-0.1, -0.05) is 48.0 Å². The van der Waals surface area contributed by atoms with Crippen molar-refractivity contribution in [3.8, 4) is 5.75 Å². The molecule has 6 nitrogen and oxygen atoms in total. The zero-order chi connectivity index (χ0) is 27.2. The lowest BCUT2D eigenvalue weighted by atomic mass is 9.90. The lowest BCUT2D eigenvalue weighted by Crippen LogP contribution is -2.54. The quantitative estimate of drug-likeness (QED) is 0.309. The van der Waals surface area contributed by atoms with Crippen molar-refractivity contribution in [3.05, 3.63) is 94.0 Å². The monoisotopic (exact) mass is 556 g/mol. The zero-order valence-electron chi connectivity index (χ0n) is 21.4. The number of aliphatic hydroxyl groups excluding tert-OH is 3. The lowest BCUT2D eigenvalue weighted by Gasteiger charge is -2.41. The van der Waals surface area contributed by atoms with Crippen LogP contribution in [0, 0.1) is 0 Å². The van der Waals surface area contributed by atoms with Gasteiger partial charge in [0.25, 0.3) is 0 Å². The number of ether oxygens (including phenoxy) is 2. The fourth-order valence-corrected chi connectivity index (χ4v) is 5.68. The molecular weight excluding hydrogens is 524 g/mol. The first-order valence-corrected chi connectivity index (χ1v) is 14.0.